The van der Waals surface area contributed by atoms with Crippen LogP contribution < -0.4 is 5.43 Å². The first kappa shape index (κ1) is 19.9. The van der Waals surface area contributed by atoms with E-state index in [4.69, 9.17) is 0 Å². The Morgan fingerprint density at radius 3 is 2.17 bits per heavy atom. The predicted octanol–water partition coefficient (Wildman–Crippen LogP) is 5.82. The van der Waals surface area contributed by atoms with Gasteiger partial charge >= 0.3 is 0 Å². The van der Waals surface area contributed by atoms with Gasteiger partial charge in [0.1, 0.15) is 0 Å². The predicted molar refractivity (Wildman–Crippen MR) is 102 cm³/mol. The summed E-state index contributed by atoms with van der Waals surface area (Å²) >= 11 is 3.38. The summed E-state index contributed by atoms with van der Waals surface area (Å²) in [6.45, 7) is 2.24. The van der Waals surface area contributed by atoms with Gasteiger partial charge in [-0.05, 0) is 24.1 Å². The van der Waals surface area contributed by atoms with E-state index < -0.39 is 0 Å². The molecule has 0 aliphatic heterocycles. The minimum Gasteiger partial charge on any atom is -0.273 e. The highest BCUT2D eigenvalue weighted by atomic mass is 79.9. The van der Waals surface area contributed by atoms with E-state index in [1.165, 1.54) is 44.9 Å². The third-order valence-electron chi connectivity index (χ3n) is 3.78. The lowest BCUT2D eigenvalue weighted by Gasteiger charge is -2.02. The van der Waals surface area contributed by atoms with Gasteiger partial charge in [-0.25, -0.2) is 5.43 Å². The highest BCUT2D eigenvalue weighted by Crippen LogP contribution is 2.10. The van der Waals surface area contributed by atoms with Crippen molar-refractivity contribution in [2.45, 2.75) is 71.1 Å². The van der Waals surface area contributed by atoms with Crippen LogP contribution in [0.4, 0.5) is 0 Å². The van der Waals surface area contributed by atoms with Crippen LogP contribution >= 0.6 is 15.9 Å². The SMILES string of the molecule is CCCCCCCCCCCC(=O)NN=Cc1ccc(Br)cc1. The van der Waals surface area contributed by atoms with E-state index >= 15 is 0 Å². The van der Waals surface area contributed by atoms with E-state index in [-0.39, 0.29) is 5.91 Å². The molecule has 3 nitrogen and oxygen atoms in total. The largest absolute Gasteiger partial charge is 0.273 e. The molecule has 1 aromatic carbocycles. The van der Waals surface area contributed by atoms with E-state index in [9.17, 15) is 4.79 Å². The minimum absolute atomic E-state index is 0.00121. The Morgan fingerprint density at radius 1 is 1.00 bits per heavy atom. The summed E-state index contributed by atoms with van der Waals surface area (Å²) in [5.74, 6) is 0.00121. The van der Waals surface area contributed by atoms with Gasteiger partial charge in [0, 0.05) is 10.9 Å². The number of rotatable bonds is 12. The second kappa shape index (κ2) is 13.3. The van der Waals surface area contributed by atoms with Crippen LogP contribution in [0.3, 0.4) is 0 Å². The smallest absolute Gasteiger partial charge is 0.240 e. The normalized spacial score (nSPS) is 11.0. The molecule has 0 heterocycles. The van der Waals surface area contributed by atoms with Crippen LogP contribution in [0.15, 0.2) is 33.8 Å². The molecule has 1 N–H and O–H groups in total. The first-order chi connectivity index (χ1) is 11.2. The Bertz CT molecular complexity index is 457. The summed E-state index contributed by atoms with van der Waals surface area (Å²) in [6, 6.07) is 7.79. The van der Waals surface area contributed by atoms with Crippen LogP contribution in [0, 0.1) is 0 Å². The molecule has 0 fully saturated rings. The van der Waals surface area contributed by atoms with Crippen molar-refractivity contribution in [1.29, 1.82) is 0 Å². The number of carbonyl (C=O) groups is 1. The van der Waals surface area contributed by atoms with Crippen molar-refractivity contribution in [3.8, 4) is 0 Å². The highest BCUT2D eigenvalue weighted by molar-refractivity contribution is 9.10. The molecule has 1 amide bonds. The van der Waals surface area contributed by atoms with Crippen LogP contribution in [0.1, 0.15) is 76.7 Å². The number of nitrogens with zero attached hydrogens (tertiary/aromatic N) is 1. The van der Waals surface area contributed by atoms with Gasteiger partial charge in [-0.2, -0.15) is 5.10 Å². The van der Waals surface area contributed by atoms with Crippen molar-refractivity contribution in [2.75, 3.05) is 0 Å². The van der Waals surface area contributed by atoms with E-state index in [0.717, 1.165) is 22.9 Å². The summed E-state index contributed by atoms with van der Waals surface area (Å²) < 4.78 is 1.03. The number of amides is 1. The van der Waals surface area contributed by atoms with Crippen LogP contribution in [-0.2, 0) is 4.79 Å². The topological polar surface area (TPSA) is 41.5 Å². The molecule has 0 aliphatic rings. The molecule has 1 aromatic rings. The maximum Gasteiger partial charge on any atom is 0.240 e. The highest BCUT2D eigenvalue weighted by Gasteiger charge is 1.99. The van der Waals surface area contributed by atoms with Crippen molar-refractivity contribution in [2.24, 2.45) is 5.10 Å². The lowest BCUT2D eigenvalue weighted by atomic mass is 10.1. The van der Waals surface area contributed by atoms with E-state index in [2.05, 4.69) is 33.4 Å². The van der Waals surface area contributed by atoms with Crippen molar-refractivity contribution in [3.05, 3.63) is 34.3 Å². The number of unbranched alkanes of at least 4 members (excludes halogenated alkanes) is 8. The Kier molecular flexibility index (Phi) is 11.5. The van der Waals surface area contributed by atoms with Crippen molar-refractivity contribution in [3.63, 3.8) is 0 Å². The lowest BCUT2D eigenvalue weighted by Crippen LogP contribution is -2.16. The van der Waals surface area contributed by atoms with Gasteiger partial charge in [-0.15, -0.1) is 0 Å². The lowest BCUT2D eigenvalue weighted by molar-refractivity contribution is -0.121. The molecule has 0 bridgehead atoms. The summed E-state index contributed by atoms with van der Waals surface area (Å²) in [4.78, 5) is 11.7. The van der Waals surface area contributed by atoms with Crippen molar-refractivity contribution in [1.82, 2.24) is 5.43 Å². The third-order valence-corrected chi connectivity index (χ3v) is 4.31. The zero-order chi connectivity index (χ0) is 16.8. The van der Waals surface area contributed by atoms with E-state index in [1.807, 2.05) is 24.3 Å². The van der Waals surface area contributed by atoms with E-state index in [0.29, 0.717) is 6.42 Å². The molecule has 128 valence electrons. The molecule has 0 radical (unpaired) electrons. The molecule has 0 aliphatic carbocycles. The van der Waals surface area contributed by atoms with Crippen molar-refractivity contribution >= 4 is 28.1 Å². The van der Waals surface area contributed by atoms with Crippen LogP contribution in [-0.4, -0.2) is 12.1 Å². The fraction of sp³-hybridized carbons (Fsp3) is 0.579. The van der Waals surface area contributed by atoms with Crippen LogP contribution in [0.2, 0.25) is 0 Å². The number of hydrogen-bond donors (Lipinski definition) is 1. The Balaban J connectivity index is 1.99. The summed E-state index contributed by atoms with van der Waals surface area (Å²) in [6.07, 6.45) is 13.6. The molecule has 0 spiro atoms. The van der Waals surface area contributed by atoms with Gasteiger partial charge in [-0.3, -0.25) is 4.79 Å². The molecule has 0 aromatic heterocycles. The van der Waals surface area contributed by atoms with Gasteiger partial charge < -0.3 is 0 Å². The molecule has 23 heavy (non-hydrogen) atoms. The van der Waals surface area contributed by atoms with Gasteiger partial charge in [0.05, 0.1) is 6.21 Å². The van der Waals surface area contributed by atoms with Crippen LogP contribution in [0.5, 0.6) is 0 Å². The zero-order valence-corrected chi connectivity index (χ0v) is 15.8. The quantitative estimate of drug-likeness (QED) is 0.277. The van der Waals surface area contributed by atoms with E-state index in [1.54, 1.807) is 6.21 Å². The van der Waals surface area contributed by atoms with Crippen molar-refractivity contribution < 1.29 is 4.79 Å². The fourth-order valence-corrected chi connectivity index (χ4v) is 2.64. The number of benzene rings is 1. The Labute approximate surface area is 149 Å². The second-order valence-electron chi connectivity index (χ2n) is 5.92. The standard InChI is InChI=1S/C19H29BrN2O/c1-2-3-4-5-6-7-8-9-10-11-19(23)22-21-16-17-12-14-18(20)15-13-17/h12-16H,2-11H2,1H3,(H,22,23). The molecule has 0 saturated carbocycles. The van der Waals surface area contributed by atoms with Gasteiger partial charge in [0.15, 0.2) is 0 Å². The summed E-state index contributed by atoms with van der Waals surface area (Å²) in [7, 11) is 0. The summed E-state index contributed by atoms with van der Waals surface area (Å²) in [5, 5.41) is 3.99. The van der Waals surface area contributed by atoms with Gasteiger partial charge in [-0.1, -0.05) is 86.4 Å². The number of hydrogen-bond acceptors (Lipinski definition) is 2. The molecule has 1 rings (SSSR count). The maximum absolute atomic E-state index is 11.7. The average Bonchev–Trinajstić information content (AvgIpc) is 2.55. The third kappa shape index (κ3) is 11.1. The second-order valence-corrected chi connectivity index (χ2v) is 6.84. The first-order valence-corrected chi connectivity index (χ1v) is 9.59. The molecule has 0 saturated heterocycles. The number of hydrazone groups is 1. The molecular formula is C19H29BrN2O. The average molecular weight is 381 g/mol. The molecule has 4 heteroatoms. The maximum atomic E-state index is 11.7. The number of nitrogens with one attached hydrogen (secondary N) is 1. The molecule has 0 unspecified atom stereocenters. The molecule has 0 atom stereocenters. The number of halogens is 1. The Hall–Kier alpha value is -1.16. The monoisotopic (exact) mass is 380 g/mol. The van der Waals surface area contributed by atoms with Gasteiger partial charge in [0.2, 0.25) is 5.91 Å². The van der Waals surface area contributed by atoms with Gasteiger partial charge in [0.25, 0.3) is 0 Å². The Morgan fingerprint density at radius 2 is 1.57 bits per heavy atom. The minimum atomic E-state index is 0.00121. The first-order valence-electron chi connectivity index (χ1n) is 8.80. The zero-order valence-electron chi connectivity index (χ0n) is 14.2. The summed E-state index contributed by atoms with van der Waals surface area (Å²) in [5.41, 5.74) is 3.56. The molecular weight excluding hydrogens is 352 g/mol. The fourth-order valence-electron chi connectivity index (χ4n) is 2.38. The number of carbonyl (C=O) groups excluding carboxylic acids is 1. The van der Waals surface area contributed by atoms with Crippen LogP contribution in [0.25, 0.3) is 0 Å².